The number of hydrogen-bond donors (Lipinski definition) is 0. The Bertz CT molecular complexity index is 336. The fraction of sp³-hybridized carbons (Fsp3) is 0.467. The molecule has 105 valence electrons. The average molecular weight is 359 g/mol. The van der Waals surface area contributed by atoms with E-state index in [2.05, 4.69) is 39.8 Å². The van der Waals surface area contributed by atoms with Gasteiger partial charge in [0.25, 0.3) is 0 Å². The van der Waals surface area contributed by atoms with Gasteiger partial charge in [0.2, 0.25) is 0 Å². The topological polar surface area (TPSA) is 46.1 Å². The van der Waals surface area contributed by atoms with E-state index in [1.165, 1.54) is 11.1 Å². The van der Waals surface area contributed by atoms with Gasteiger partial charge in [-0.05, 0) is 49.4 Å². The van der Waals surface area contributed by atoms with Crippen LogP contribution in [0.4, 0.5) is 0 Å². The first-order valence-electron chi connectivity index (χ1n) is 5.78. The smallest absolute Gasteiger partial charge is 0.857 e. The Balaban J connectivity index is -0.000000220. The van der Waals surface area contributed by atoms with Crippen molar-refractivity contribution in [2.45, 2.75) is 34.1 Å². The molecule has 1 radical (unpaired) electrons. The standard InChI is InChI=1S/C8H13P.C5H5.2CH3O.Zr/c1-5-6(2)8(4)9-7(5)3;1-2-4-5-3-1;2*1-2;/h9H,1-4H3;1-3H,4H2;2*1H3;/q;3*-1;+3. The van der Waals surface area contributed by atoms with E-state index < -0.39 is 0 Å². The third kappa shape index (κ3) is 10.5. The van der Waals surface area contributed by atoms with Gasteiger partial charge in [-0.3, -0.25) is 6.08 Å². The maximum absolute atomic E-state index is 8.25. The molecule has 1 heterocycles. The van der Waals surface area contributed by atoms with E-state index in [1.54, 1.807) is 10.6 Å². The Kier molecular flexibility index (Phi) is 20.4. The summed E-state index contributed by atoms with van der Waals surface area (Å²) in [5.74, 6) is 0. The molecule has 0 aromatic carbocycles. The van der Waals surface area contributed by atoms with Gasteiger partial charge in [0.15, 0.2) is 0 Å². The second-order valence-electron chi connectivity index (χ2n) is 3.63. The van der Waals surface area contributed by atoms with Crippen molar-refractivity contribution in [3.8, 4) is 0 Å². The molecule has 0 saturated heterocycles. The summed E-state index contributed by atoms with van der Waals surface area (Å²) in [5, 5.41) is 19.6. The summed E-state index contributed by atoms with van der Waals surface area (Å²) < 4.78 is 0. The fourth-order valence-corrected chi connectivity index (χ4v) is 2.68. The summed E-state index contributed by atoms with van der Waals surface area (Å²) in [4.78, 5) is 0. The Morgan fingerprint density at radius 3 is 1.47 bits per heavy atom. The van der Waals surface area contributed by atoms with Crippen molar-refractivity contribution in [2.24, 2.45) is 0 Å². The van der Waals surface area contributed by atoms with Crippen LogP contribution in [0.2, 0.25) is 0 Å². The van der Waals surface area contributed by atoms with Crippen LogP contribution in [0.5, 0.6) is 0 Å². The van der Waals surface area contributed by atoms with Gasteiger partial charge >= 0.3 is 26.2 Å². The van der Waals surface area contributed by atoms with Gasteiger partial charge in [-0.15, -0.1) is 14.6 Å². The molecule has 1 aliphatic rings. The summed E-state index contributed by atoms with van der Waals surface area (Å²) in [7, 11) is 2.48. The summed E-state index contributed by atoms with van der Waals surface area (Å²) in [6.07, 6.45) is 10.0. The molecular formula is C15H24O2PZr. The van der Waals surface area contributed by atoms with Crippen molar-refractivity contribution in [1.29, 1.82) is 0 Å². The van der Waals surface area contributed by atoms with Crippen LogP contribution in [0.25, 0.3) is 0 Å². The predicted octanol–water partition coefficient (Wildman–Crippen LogP) is 2.21. The van der Waals surface area contributed by atoms with E-state index in [0.29, 0.717) is 0 Å². The Morgan fingerprint density at radius 1 is 0.947 bits per heavy atom. The van der Waals surface area contributed by atoms with Crippen LogP contribution in [0.15, 0.2) is 18.2 Å². The minimum Gasteiger partial charge on any atom is -0.857 e. The van der Waals surface area contributed by atoms with Crippen molar-refractivity contribution in [1.82, 2.24) is 0 Å². The molecular weight excluding hydrogens is 334 g/mol. The Labute approximate surface area is 138 Å². The first-order valence-corrected chi connectivity index (χ1v) is 6.78. The molecule has 1 aromatic rings. The maximum atomic E-state index is 8.25. The predicted molar refractivity (Wildman–Crippen MR) is 78.3 cm³/mol. The van der Waals surface area contributed by atoms with E-state index in [0.717, 1.165) is 28.8 Å². The SMILES string of the molecule is C[O-].C[O-].Cc1[pH]c(C)c(C)c1C.[C-]1=CC=CC1.[Zr+3]. The average Bonchev–Trinajstić information content (AvgIpc) is 3.06. The minimum absolute atomic E-state index is 0. The second-order valence-corrected chi connectivity index (χ2v) is 5.38. The molecule has 0 spiro atoms. The van der Waals surface area contributed by atoms with E-state index in [-0.39, 0.29) is 26.2 Å². The summed E-state index contributed by atoms with van der Waals surface area (Å²) >= 11 is 0. The van der Waals surface area contributed by atoms with Crippen LogP contribution in [-0.4, -0.2) is 14.2 Å². The second kappa shape index (κ2) is 16.1. The van der Waals surface area contributed by atoms with Crippen LogP contribution in [0.1, 0.15) is 28.1 Å². The monoisotopic (exact) mass is 357 g/mol. The Morgan fingerprint density at radius 2 is 1.37 bits per heavy atom. The molecule has 4 heteroatoms. The molecule has 0 N–H and O–H groups in total. The molecule has 2 nitrogen and oxygen atoms in total. The number of hydrogen-bond acceptors (Lipinski definition) is 2. The molecule has 0 aliphatic heterocycles. The molecule has 19 heavy (non-hydrogen) atoms. The van der Waals surface area contributed by atoms with E-state index in [1.807, 2.05) is 12.2 Å². The molecule has 1 aliphatic carbocycles. The normalized spacial score (nSPS) is 10.1. The van der Waals surface area contributed by atoms with E-state index in [4.69, 9.17) is 10.2 Å². The molecule has 0 amide bonds. The number of rotatable bonds is 0. The van der Waals surface area contributed by atoms with Gasteiger partial charge in [0.1, 0.15) is 0 Å². The fourth-order valence-electron chi connectivity index (χ4n) is 1.37. The third-order valence-electron chi connectivity index (χ3n) is 2.65. The van der Waals surface area contributed by atoms with Gasteiger partial charge in [0.05, 0.1) is 0 Å². The van der Waals surface area contributed by atoms with E-state index >= 15 is 0 Å². The molecule has 2 rings (SSSR count). The molecule has 0 fully saturated rings. The van der Waals surface area contributed by atoms with Crippen LogP contribution >= 0.6 is 8.19 Å². The quantitative estimate of drug-likeness (QED) is 0.668. The first-order chi connectivity index (χ1) is 8.63. The van der Waals surface area contributed by atoms with E-state index in [9.17, 15) is 0 Å². The molecule has 0 unspecified atom stereocenters. The van der Waals surface area contributed by atoms with Crippen molar-refractivity contribution >= 4 is 8.19 Å². The van der Waals surface area contributed by atoms with Gasteiger partial charge < -0.3 is 10.2 Å². The van der Waals surface area contributed by atoms with Crippen molar-refractivity contribution in [2.75, 3.05) is 14.2 Å². The van der Waals surface area contributed by atoms with Crippen LogP contribution in [0, 0.1) is 33.8 Å². The molecule has 0 bridgehead atoms. The number of allylic oxidation sites excluding steroid dienone is 4. The zero-order valence-corrected chi connectivity index (χ0v) is 16.2. The van der Waals surface area contributed by atoms with Gasteiger partial charge in [-0.2, -0.15) is 20.3 Å². The van der Waals surface area contributed by atoms with Crippen molar-refractivity contribution in [3.05, 3.63) is 46.0 Å². The zero-order chi connectivity index (χ0) is 14.6. The largest absolute Gasteiger partial charge is 3.00 e. The van der Waals surface area contributed by atoms with Gasteiger partial charge in [0, 0.05) is 0 Å². The first kappa shape index (κ1) is 24.1. The number of aryl methyl sites for hydroxylation is 2. The van der Waals surface area contributed by atoms with Gasteiger partial charge in [-0.1, -0.05) is 0 Å². The summed E-state index contributed by atoms with van der Waals surface area (Å²) in [6, 6.07) is 0. The molecule has 0 atom stereocenters. The van der Waals surface area contributed by atoms with Crippen LogP contribution in [0.3, 0.4) is 0 Å². The third-order valence-corrected chi connectivity index (χ3v) is 4.15. The minimum atomic E-state index is 0. The Hall–Kier alpha value is 0.0631. The summed E-state index contributed by atoms with van der Waals surface area (Å²) in [5.41, 5.74) is 3.04. The van der Waals surface area contributed by atoms with Crippen LogP contribution < -0.4 is 10.2 Å². The molecule has 0 saturated carbocycles. The van der Waals surface area contributed by atoms with Crippen LogP contribution in [-0.2, 0) is 26.2 Å². The zero-order valence-electron chi connectivity index (χ0n) is 12.8. The van der Waals surface area contributed by atoms with Crippen molar-refractivity contribution in [3.63, 3.8) is 0 Å². The molecule has 1 aromatic heterocycles. The van der Waals surface area contributed by atoms with Crippen molar-refractivity contribution < 1.29 is 36.4 Å². The summed E-state index contributed by atoms with van der Waals surface area (Å²) in [6.45, 7) is 8.89. The van der Waals surface area contributed by atoms with Gasteiger partial charge in [-0.25, -0.2) is 12.2 Å². The maximum Gasteiger partial charge on any atom is 3.00 e.